The summed E-state index contributed by atoms with van der Waals surface area (Å²) in [6.07, 6.45) is 0. The molecule has 118 valence electrons. The van der Waals surface area contributed by atoms with Crippen molar-refractivity contribution in [3.05, 3.63) is 57.8 Å². The number of rotatable bonds is 2. The maximum atomic E-state index is 12.5. The van der Waals surface area contributed by atoms with E-state index in [1.165, 1.54) is 4.74 Å². The highest BCUT2D eigenvalue weighted by molar-refractivity contribution is 6.31. The zero-order valence-corrected chi connectivity index (χ0v) is 13.1. The summed E-state index contributed by atoms with van der Waals surface area (Å²) in [4.78, 5) is 14.7. The Morgan fingerprint density at radius 3 is 2.39 bits per heavy atom. The van der Waals surface area contributed by atoms with Crippen molar-refractivity contribution in [3.8, 4) is 5.69 Å². The predicted molar refractivity (Wildman–Crippen MR) is 89.9 cm³/mol. The third-order valence-corrected chi connectivity index (χ3v) is 4.24. The maximum Gasteiger partial charge on any atom is 0.295 e. The third-order valence-electron chi connectivity index (χ3n) is 4.01. The lowest BCUT2D eigenvalue weighted by molar-refractivity contribution is 0.122. The Morgan fingerprint density at radius 2 is 1.65 bits per heavy atom. The van der Waals surface area contributed by atoms with Crippen LogP contribution in [0.15, 0.2) is 51.8 Å². The lowest BCUT2D eigenvalue weighted by Crippen LogP contribution is -2.36. The third kappa shape index (κ3) is 2.62. The molecule has 3 aromatic rings. The Kier molecular flexibility index (Phi) is 3.59. The molecule has 5 nitrogen and oxygen atoms in total. The van der Waals surface area contributed by atoms with E-state index in [-0.39, 0.29) is 5.56 Å². The van der Waals surface area contributed by atoms with Crippen LogP contribution in [0.1, 0.15) is 0 Å². The van der Waals surface area contributed by atoms with E-state index in [2.05, 4.69) is 4.90 Å². The van der Waals surface area contributed by atoms with Crippen molar-refractivity contribution < 1.29 is 9.26 Å². The Hall–Kier alpha value is -2.24. The number of hydrogen-bond acceptors (Lipinski definition) is 4. The predicted octanol–water partition coefficient (Wildman–Crippen LogP) is 3.07. The van der Waals surface area contributed by atoms with E-state index < -0.39 is 0 Å². The molecule has 6 heteroatoms. The molecule has 2 heterocycles. The summed E-state index contributed by atoms with van der Waals surface area (Å²) in [7, 11) is 0. The standard InChI is InChI=1S/C17H15ClN2O3/c18-12-1-6-16-15(11-12)17(21)20(23-16)14-4-2-13(3-5-14)19-7-9-22-10-8-19/h1-6,11H,7-10H2. The fourth-order valence-electron chi connectivity index (χ4n) is 2.79. The van der Waals surface area contributed by atoms with Gasteiger partial charge >= 0.3 is 0 Å². The quantitative estimate of drug-likeness (QED) is 0.724. The zero-order chi connectivity index (χ0) is 15.8. The Bertz CT molecular complexity index is 892. The first kappa shape index (κ1) is 14.4. The topological polar surface area (TPSA) is 47.6 Å². The summed E-state index contributed by atoms with van der Waals surface area (Å²) in [5.74, 6) is 0. The van der Waals surface area contributed by atoms with Crippen molar-refractivity contribution in [2.75, 3.05) is 31.2 Å². The Balaban J connectivity index is 1.70. The van der Waals surface area contributed by atoms with E-state index in [1.807, 2.05) is 24.3 Å². The van der Waals surface area contributed by atoms with Crippen LogP contribution in [0.3, 0.4) is 0 Å². The van der Waals surface area contributed by atoms with Crippen LogP contribution >= 0.6 is 11.6 Å². The van der Waals surface area contributed by atoms with E-state index in [0.29, 0.717) is 21.7 Å². The molecule has 0 unspecified atom stereocenters. The van der Waals surface area contributed by atoms with Gasteiger partial charge in [-0.25, -0.2) is 0 Å². The summed E-state index contributed by atoms with van der Waals surface area (Å²) in [5.41, 5.74) is 2.13. The van der Waals surface area contributed by atoms with Crippen molar-refractivity contribution in [1.82, 2.24) is 4.74 Å². The van der Waals surface area contributed by atoms with E-state index in [0.717, 1.165) is 32.0 Å². The first-order chi connectivity index (χ1) is 11.2. The number of anilines is 1. The summed E-state index contributed by atoms with van der Waals surface area (Å²) >= 11 is 5.95. The summed E-state index contributed by atoms with van der Waals surface area (Å²) in [6, 6.07) is 12.8. The molecular weight excluding hydrogens is 316 g/mol. The van der Waals surface area contributed by atoms with Crippen LogP contribution in [0.5, 0.6) is 0 Å². The lowest BCUT2D eigenvalue weighted by atomic mass is 10.2. The van der Waals surface area contributed by atoms with Gasteiger partial charge in [0.25, 0.3) is 5.56 Å². The fourth-order valence-corrected chi connectivity index (χ4v) is 2.96. The van der Waals surface area contributed by atoms with Crippen molar-refractivity contribution in [1.29, 1.82) is 0 Å². The summed E-state index contributed by atoms with van der Waals surface area (Å²) in [5, 5.41) is 1.000. The maximum absolute atomic E-state index is 12.5. The summed E-state index contributed by atoms with van der Waals surface area (Å²) < 4.78 is 12.3. The van der Waals surface area contributed by atoms with Gasteiger partial charge < -0.3 is 14.2 Å². The molecule has 0 spiro atoms. The number of fused-ring (bicyclic) bond motifs is 1. The van der Waals surface area contributed by atoms with Crippen LogP contribution in [0.25, 0.3) is 16.7 Å². The van der Waals surface area contributed by atoms with E-state index in [4.69, 9.17) is 20.9 Å². The van der Waals surface area contributed by atoms with Gasteiger partial charge in [0.1, 0.15) is 0 Å². The second-order valence-corrected chi connectivity index (χ2v) is 5.88. The number of hydrogen-bond donors (Lipinski definition) is 0. The minimum atomic E-state index is -0.207. The van der Waals surface area contributed by atoms with E-state index in [1.54, 1.807) is 18.2 Å². The van der Waals surface area contributed by atoms with Gasteiger partial charge in [-0.3, -0.25) is 4.79 Å². The van der Waals surface area contributed by atoms with Gasteiger partial charge in [0.2, 0.25) is 0 Å². The van der Waals surface area contributed by atoms with Crippen LogP contribution in [-0.2, 0) is 4.74 Å². The normalized spacial score (nSPS) is 15.3. The minimum Gasteiger partial charge on any atom is -0.378 e. The average molecular weight is 331 g/mol. The minimum absolute atomic E-state index is 0.207. The molecule has 0 atom stereocenters. The molecule has 0 radical (unpaired) electrons. The molecule has 1 fully saturated rings. The molecule has 0 amide bonds. The van der Waals surface area contributed by atoms with Crippen molar-refractivity contribution in [3.63, 3.8) is 0 Å². The van der Waals surface area contributed by atoms with E-state index >= 15 is 0 Å². The molecule has 0 saturated carbocycles. The van der Waals surface area contributed by atoms with E-state index in [9.17, 15) is 4.79 Å². The van der Waals surface area contributed by atoms with Gasteiger partial charge in [-0.15, -0.1) is 4.74 Å². The average Bonchev–Trinajstić information content (AvgIpc) is 2.92. The van der Waals surface area contributed by atoms with Crippen LogP contribution in [0.4, 0.5) is 5.69 Å². The van der Waals surface area contributed by atoms with Crippen molar-refractivity contribution >= 4 is 28.3 Å². The molecular formula is C17H15ClN2O3. The van der Waals surface area contributed by atoms with Crippen LogP contribution in [0, 0.1) is 0 Å². The van der Waals surface area contributed by atoms with Crippen molar-refractivity contribution in [2.45, 2.75) is 0 Å². The number of nitrogens with zero attached hydrogens (tertiary/aromatic N) is 2. The number of morpholine rings is 1. The number of aromatic nitrogens is 1. The highest BCUT2D eigenvalue weighted by Crippen LogP contribution is 2.21. The number of halogens is 1. The Labute approximate surface area is 137 Å². The molecule has 2 aromatic carbocycles. The SMILES string of the molecule is O=c1c2cc(Cl)ccc2on1-c1ccc(N2CCOCC2)cc1. The monoisotopic (exact) mass is 330 g/mol. The fraction of sp³-hybridized carbons (Fsp3) is 0.235. The van der Waals surface area contributed by atoms with Crippen molar-refractivity contribution in [2.24, 2.45) is 0 Å². The second kappa shape index (κ2) is 5.76. The highest BCUT2D eigenvalue weighted by atomic mass is 35.5. The van der Waals surface area contributed by atoms with Gasteiger partial charge in [0.05, 0.1) is 24.3 Å². The molecule has 0 N–H and O–H groups in total. The molecule has 4 rings (SSSR count). The lowest BCUT2D eigenvalue weighted by Gasteiger charge is -2.28. The van der Waals surface area contributed by atoms with Gasteiger partial charge in [0.15, 0.2) is 5.58 Å². The van der Waals surface area contributed by atoms with Gasteiger partial charge in [-0.05, 0) is 42.5 Å². The van der Waals surface area contributed by atoms with Gasteiger partial charge in [-0.1, -0.05) is 11.6 Å². The largest absolute Gasteiger partial charge is 0.378 e. The molecule has 1 saturated heterocycles. The molecule has 23 heavy (non-hydrogen) atoms. The first-order valence-corrected chi connectivity index (χ1v) is 7.85. The number of ether oxygens (including phenoxy) is 1. The molecule has 1 aliphatic heterocycles. The molecule has 0 bridgehead atoms. The van der Waals surface area contributed by atoms with Gasteiger partial charge in [-0.2, -0.15) is 0 Å². The van der Waals surface area contributed by atoms with Crippen LogP contribution in [-0.4, -0.2) is 31.0 Å². The zero-order valence-electron chi connectivity index (χ0n) is 12.4. The molecule has 1 aliphatic rings. The van der Waals surface area contributed by atoms with Crippen LogP contribution < -0.4 is 10.5 Å². The molecule has 0 aliphatic carbocycles. The summed E-state index contributed by atoms with van der Waals surface area (Å²) in [6.45, 7) is 3.24. The smallest absolute Gasteiger partial charge is 0.295 e. The first-order valence-electron chi connectivity index (χ1n) is 7.47. The Morgan fingerprint density at radius 1 is 0.957 bits per heavy atom. The van der Waals surface area contributed by atoms with Crippen LogP contribution in [0.2, 0.25) is 5.02 Å². The van der Waals surface area contributed by atoms with Gasteiger partial charge in [0, 0.05) is 23.8 Å². The highest BCUT2D eigenvalue weighted by Gasteiger charge is 2.14. The number of benzene rings is 2. The second-order valence-electron chi connectivity index (χ2n) is 5.45. The molecule has 1 aromatic heterocycles.